The van der Waals surface area contributed by atoms with Crippen molar-refractivity contribution in [1.82, 2.24) is 5.43 Å². The lowest BCUT2D eigenvalue weighted by atomic mass is 10.2. The first-order valence-corrected chi connectivity index (χ1v) is 6.90. The molecule has 2 rings (SSSR count). The minimum Gasteiger partial charge on any atom is -0.376 e. The summed E-state index contributed by atoms with van der Waals surface area (Å²) in [6.07, 6.45) is 1.57. The van der Waals surface area contributed by atoms with Crippen LogP contribution in [0, 0.1) is 6.92 Å². The van der Waals surface area contributed by atoms with Gasteiger partial charge >= 0.3 is 0 Å². The predicted molar refractivity (Wildman–Crippen MR) is 86.9 cm³/mol. The van der Waals surface area contributed by atoms with Crippen molar-refractivity contribution in [3.05, 3.63) is 64.7 Å². The Morgan fingerprint density at radius 2 is 1.90 bits per heavy atom. The third-order valence-electron chi connectivity index (χ3n) is 2.86. The third kappa shape index (κ3) is 4.93. The second kappa shape index (κ2) is 7.45. The topological polar surface area (TPSA) is 53.5 Å². The van der Waals surface area contributed by atoms with E-state index in [-0.39, 0.29) is 12.5 Å². The van der Waals surface area contributed by atoms with Gasteiger partial charge in [0.15, 0.2) is 0 Å². The third-order valence-corrected chi connectivity index (χ3v) is 3.11. The molecule has 0 saturated carbocycles. The zero-order chi connectivity index (χ0) is 15.1. The van der Waals surface area contributed by atoms with Gasteiger partial charge in [-0.25, -0.2) is 5.43 Å². The van der Waals surface area contributed by atoms with Gasteiger partial charge in [-0.15, -0.1) is 0 Å². The largest absolute Gasteiger partial charge is 0.376 e. The van der Waals surface area contributed by atoms with Gasteiger partial charge in [-0.05, 0) is 36.2 Å². The van der Waals surface area contributed by atoms with Crippen molar-refractivity contribution in [2.24, 2.45) is 5.10 Å². The van der Waals surface area contributed by atoms with E-state index in [1.165, 1.54) is 0 Å². The molecule has 2 aromatic rings. The van der Waals surface area contributed by atoms with Gasteiger partial charge in [0, 0.05) is 10.7 Å². The smallest absolute Gasteiger partial charge is 0.259 e. The highest BCUT2D eigenvalue weighted by Crippen LogP contribution is 2.12. The van der Waals surface area contributed by atoms with Crippen LogP contribution >= 0.6 is 11.6 Å². The number of hydrazone groups is 1. The van der Waals surface area contributed by atoms with Crippen LogP contribution in [0.25, 0.3) is 0 Å². The lowest BCUT2D eigenvalue weighted by Crippen LogP contribution is -2.26. The molecule has 0 bridgehead atoms. The van der Waals surface area contributed by atoms with E-state index in [4.69, 9.17) is 11.6 Å². The van der Waals surface area contributed by atoms with Gasteiger partial charge in [0.05, 0.1) is 12.8 Å². The van der Waals surface area contributed by atoms with Crippen LogP contribution in [0.1, 0.15) is 11.1 Å². The molecule has 0 unspecified atom stereocenters. The Morgan fingerprint density at radius 3 is 2.62 bits per heavy atom. The van der Waals surface area contributed by atoms with Crippen LogP contribution in [0.2, 0.25) is 5.02 Å². The standard InChI is InChI=1S/C16H16ClN3O/c1-12-4-2-3-5-15(12)18-11-16(21)20-19-10-13-6-8-14(17)9-7-13/h2-10,18H,11H2,1H3,(H,20,21)/b19-10+. The number of rotatable bonds is 5. The van der Waals surface area contributed by atoms with Gasteiger partial charge in [0.25, 0.3) is 5.91 Å². The number of halogens is 1. The number of para-hydroxylation sites is 1. The van der Waals surface area contributed by atoms with E-state index in [2.05, 4.69) is 15.8 Å². The molecule has 0 aromatic heterocycles. The average molecular weight is 302 g/mol. The molecule has 1 amide bonds. The van der Waals surface area contributed by atoms with Crippen molar-refractivity contribution in [1.29, 1.82) is 0 Å². The first kappa shape index (κ1) is 15.1. The van der Waals surface area contributed by atoms with E-state index in [9.17, 15) is 4.79 Å². The van der Waals surface area contributed by atoms with Crippen LogP contribution in [0.15, 0.2) is 53.6 Å². The van der Waals surface area contributed by atoms with E-state index in [0.717, 1.165) is 16.8 Å². The number of carbonyl (C=O) groups excluding carboxylic acids is 1. The Morgan fingerprint density at radius 1 is 1.19 bits per heavy atom. The molecule has 0 spiro atoms. The van der Waals surface area contributed by atoms with Gasteiger partial charge in [-0.2, -0.15) is 5.10 Å². The van der Waals surface area contributed by atoms with Crippen molar-refractivity contribution in [2.75, 3.05) is 11.9 Å². The second-order valence-electron chi connectivity index (χ2n) is 4.51. The molecule has 0 saturated heterocycles. The average Bonchev–Trinajstić information content (AvgIpc) is 2.48. The Hall–Kier alpha value is -2.33. The molecule has 0 aliphatic heterocycles. The summed E-state index contributed by atoms with van der Waals surface area (Å²) in [5.41, 5.74) is 5.37. The number of nitrogens with one attached hydrogen (secondary N) is 2. The second-order valence-corrected chi connectivity index (χ2v) is 4.95. The zero-order valence-corrected chi connectivity index (χ0v) is 12.4. The molecule has 0 fully saturated rings. The fraction of sp³-hybridized carbons (Fsp3) is 0.125. The summed E-state index contributed by atoms with van der Waals surface area (Å²) in [6.45, 7) is 2.15. The molecule has 0 aliphatic rings. The minimum atomic E-state index is -0.205. The van der Waals surface area contributed by atoms with Crippen molar-refractivity contribution < 1.29 is 4.79 Å². The van der Waals surface area contributed by atoms with Crippen LogP contribution in [0.3, 0.4) is 0 Å². The van der Waals surface area contributed by atoms with Crippen LogP contribution in [0.4, 0.5) is 5.69 Å². The lowest BCUT2D eigenvalue weighted by molar-refractivity contribution is -0.119. The highest BCUT2D eigenvalue weighted by Gasteiger charge is 2.00. The van der Waals surface area contributed by atoms with Gasteiger partial charge < -0.3 is 5.32 Å². The number of benzene rings is 2. The van der Waals surface area contributed by atoms with Gasteiger partial charge in [-0.3, -0.25) is 4.79 Å². The van der Waals surface area contributed by atoms with E-state index in [0.29, 0.717) is 5.02 Å². The molecule has 2 N–H and O–H groups in total. The van der Waals surface area contributed by atoms with Crippen molar-refractivity contribution in [3.63, 3.8) is 0 Å². The molecule has 0 atom stereocenters. The monoisotopic (exact) mass is 301 g/mol. The van der Waals surface area contributed by atoms with Crippen LogP contribution in [-0.2, 0) is 4.79 Å². The van der Waals surface area contributed by atoms with Crippen molar-refractivity contribution >= 4 is 29.4 Å². The number of carbonyl (C=O) groups is 1. The molecule has 108 valence electrons. The number of nitrogens with zero attached hydrogens (tertiary/aromatic N) is 1. The van der Waals surface area contributed by atoms with Crippen LogP contribution < -0.4 is 10.7 Å². The molecule has 5 heteroatoms. The molecule has 2 aromatic carbocycles. The summed E-state index contributed by atoms with van der Waals surface area (Å²) in [4.78, 5) is 11.7. The van der Waals surface area contributed by atoms with Gasteiger partial charge in [0.1, 0.15) is 0 Å². The van der Waals surface area contributed by atoms with Crippen LogP contribution in [0.5, 0.6) is 0 Å². The number of hydrogen-bond acceptors (Lipinski definition) is 3. The number of amides is 1. The number of hydrogen-bond donors (Lipinski definition) is 2. The lowest BCUT2D eigenvalue weighted by Gasteiger charge is -2.07. The van der Waals surface area contributed by atoms with Crippen LogP contribution in [-0.4, -0.2) is 18.7 Å². The van der Waals surface area contributed by atoms with E-state index in [1.54, 1.807) is 18.3 Å². The Balaban J connectivity index is 1.80. The fourth-order valence-electron chi connectivity index (χ4n) is 1.71. The molecule has 0 heterocycles. The molecule has 0 radical (unpaired) electrons. The highest BCUT2D eigenvalue weighted by atomic mass is 35.5. The minimum absolute atomic E-state index is 0.169. The molecule has 0 aliphatic carbocycles. The summed E-state index contributed by atoms with van der Waals surface area (Å²) in [5, 5.41) is 7.63. The molecule has 21 heavy (non-hydrogen) atoms. The molecule has 4 nitrogen and oxygen atoms in total. The Labute approximate surface area is 128 Å². The van der Waals surface area contributed by atoms with Crippen molar-refractivity contribution in [2.45, 2.75) is 6.92 Å². The zero-order valence-electron chi connectivity index (χ0n) is 11.6. The predicted octanol–water partition coefficient (Wildman–Crippen LogP) is 3.21. The SMILES string of the molecule is Cc1ccccc1NCC(=O)N/N=C/c1ccc(Cl)cc1. The van der Waals surface area contributed by atoms with Crippen molar-refractivity contribution in [3.8, 4) is 0 Å². The normalized spacial score (nSPS) is 10.6. The maximum atomic E-state index is 11.7. The molecular weight excluding hydrogens is 286 g/mol. The highest BCUT2D eigenvalue weighted by molar-refractivity contribution is 6.30. The summed E-state index contributed by atoms with van der Waals surface area (Å²) < 4.78 is 0. The maximum Gasteiger partial charge on any atom is 0.259 e. The Kier molecular flexibility index (Phi) is 5.35. The summed E-state index contributed by atoms with van der Waals surface area (Å²) in [6, 6.07) is 15.0. The van der Waals surface area contributed by atoms with E-state index < -0.39 is 0 Å². The fourth-order valence-corrected chi connectivity index (χ4v) is 1.84. The summed E-state index contributed by atoms with van der Waals surface area (Å²) >= 11 is 5.79. The molecular formula is C16H16ClN3O. The summed E-state index contributed by atoms with van der Waals surface area (Å²) in [5.74, 6) is -0.205. The number of anilines is 1. The quantitative estimate of drug-likeness (QED) is 0.658. The first-order valence-electron chi connectivity index (χ1n) is 6.52. The van der Waals surface area contributed by atoms with Gasteiger partial charge in [-0.1, -0.05) is 41.9 Å². The first-order chi connectivity index (χ1) is 10.1. The Bertz CT molecular complexity index is 638. The number of aryl methyl sites for hydroxylation is 1. The van der Waals surface area contributed by atoms with E-state index in [1.807, 2.05) is 43.3 Å². The maximum absolute atomic E-state index is 11.7. The summed E-state index contributed by atoms with van der Waals surface area (Å²) in [7, 11) is 0. The van der Waals surface area contributed by atoms with E-state index >= 15 is 0 Å². The van der Waals surface area contributed by atoms with Gasteiger partial charge in [0.2, 0.25) is 0 Å².